The third-order valence-electron chi connectivity index (χ3n) is 5.54. The standard InChI is InChI=1S/C24H29N7O/c1-4-20(32)14-18-5-7-19(8-6-18)15-21-25-22(26-23-13-17(2)28-29-23)16-24(27-21)31-11-9-30(3)10-12-31/h4-8,13,16H,1,9-12,14-15H2,2-3H3,(H2,25,26,27,28,29). The first-order valence-corrected chi connectivity index (χ1v) is 10.8. The summed E-state index contributed by atoms with van der Waals surface area (Å²) in [6.45, 7) is 9.37. The minimum atomic E-state index is 0.0188. The molecule has 1 aromatic carbocycles. The number of ketones is 1. The first-order chi connectivity index (χ1) is 15.5. The molecule has 0 aliphatic carbocycles. The van der Waals surface area contributed by atoms with Gasteiger partial charge in [0.25, 0.3) is 0 Å². The second-order valence-corrected chi connectivity index (χ2v) is 8.22. The minimum absolute atomic E-state index is 0.0188. The van der Waals surface area contributed by atoms with Gasteiger partial charge in [-0.3, -0.25) is 9.89 Å². The highest BCUT2D eigenvalue weighted by atomic mass is 16.1. The van der Waals surface area contributed by atoms with Gasteiger partial charge in [0.2, 0.25) is 0 Å². The van der Waals surface area contributed by atoms with E-state index in [0.717, 1.165) is 66.3 Å². The lowest BCUT2D eigenvalue weighted by molar-refractivity contribution is -0.114. The number of rotatable bonds is 8. The van der Waals surface area contributed by atoms with Gasteiger partial charge in [0.15, 0.2) is 11.6 Å². The van der Waals surface area contributed by atoms with Crippen molar-refractivity contribution in [1.82, 2.24) is 25.1 Å². The number of piperazine rings is 1. The fourth-order valence-electron chi connectivity index (χ4n) is 3.67. The molecule has 0 radical (unpaired) electrons. The number of nitrogens with one attached hydrogen (secondary N) is 2. The van der Waals surface area contributed by atoms with E-state index in [0.29, 0.717) is 12.8 Å². The van der Waals surface area contributed by atoms with Crippen LogP contribution in [0.1, 0.15) is 22.6 Å². The summed E-state index contributed by atoms with van der Waals surface area (Å²) in [4.78, 5) is 25.8. The van der Waals surface area contributed by atoms with Crippen LogP contribution in [0.2, 0.25) is 0 Å². The van der Waals surface area contributed by atoms with Gasteiger partial charge in [-0.05, 0) is 31.2 Å². The Kier molecular flexibility index (Phi) is 6.61. The number of likely N-dealkylation sites (N-methyl/N-ethyl adjacent to an activating group) is 1. The minimum Gasteiger partial charge on any atom is -0.354 e. The first-order valence-electron chi connectivity index (χ1n) is 10.8. The maximum atomic E-state index is 11.6. The zero-order valence-electron chi connectivity index (χ0n) is 18.6. The molecule has 2 aromatic heterocycles. The van der Waals surface area contributed by atoms with E-state index in [1.807, 2.05) is 43.3 Å². The molecule has 0 amide bonds. The first kappa shape index (κ1) is 21.7. The molecule has 1 aliphatic heterocycles. The molecule has 0 bridgehead atoms. The summed E-state index contributed by atoms with van der Waals surface area (Å²) in [7, 11) is 2.14. The molecule has 0 saturated carbocycles. The third-order valence-corrected chi connectivity index (χ3v) is 5.54. The highest BCUT2D eigenvalue weighted by Crippen LogP contribution is 2.22. The van der Waals surface area contributed by atoms with Crippen LogP contribution in [0, 0.1) is 6.92 Å². The lowest BCUT2D eigenvalue weighted by Crippen LogP contribution is -2.44. The average Bonchev–Trinajstić information content (AvgIpc) is 3.19. The van der Waals surface area contributed by atoms with Crippen molar-refractivity contribution in [2.45, 2.75) is 19.8 Å². The predicted molar refractivity (Wildman–Crippen MR) is 127 cm³/mol. The Morgan fingerprint density at radius 2 is 1.81 bits per heavy atom. The second kappa shape index (κ2) is 9.74. The summed E-state index contributed by atoms with van der Waals surface area (Å²) in [6, 6.07) is 12.0. The van der Waals surface area contributed by atoms with Gasteiger partial charge in [0.05, 0.1) is 0 Å². The normalized spacial score (nSPS) is 14.4. The van der Waals surface area contributed by atoms with Crippen LogP contribution in [0.15, 0.2) is 49.1 Å². The van der Waals surface area contributed by atoms with E-state index in [9.17, 15) is 4.79 Å². The molecular weight excluding hydrogens is 402 g/mol. The Morgan fingerprint density at radius 1 is 1.09 bits per heavy atom. The van der Waals surface area contributed by atoms with Crippen LogP contribution in [0.25, 0.3) is 0 Å². The smallest absolute Gasteiger partial charge is 0.159 e. The molecule has 1 fully saturated rings. The summed E-state index contributed by atoms with van der Waals surface area (Å²) < 4.78 is 0. The molecule has 0 atom stereocenters. The molecule has 4 rings (SSSR count). The number of hydrogen-bond acceptors (Lipinski definition) is 7. The quantitative estimate of drug-likeness (QED) is 0.530. The number of anilines is 3. The van der Waals surface area contributed by atoms with Gasteiger partial charge < -0.3 is 15.1 Å². The molecule has 0 unspecified atom stereocenters. The lowest BCUT2D eigenvalue weighted by atomic mass is 10.0. The Morgan fingerprint density at radius 3 is 2.47 bits per heavy atom. The molecular formula is C24H29N7O. The molecule has 1 aliphatic rings. The van der Waals surface area contributed by atoms with Gasteiger partial charge in [-0.25, -0.2) is 9.97 Å². The predicted octanol–water partition coefficient (Wildman–Crippen LogP) is 2.89. The Labute approximate surface area is 188 Å². The van der Waals surface area contributed by atoms with Crippen LogP contribution < -0.4 is 10.2 Å². The maximum Gasteiger partial charge on any atom is 0.159 e. The van der Waals surface area contributed by atoms with Crippen LogP contribution in [0.3, 0.4) is 0 Å². The Bertz CT molecular complexity index is 1080. The van der Waals surface area contributed by atoms with Crippen molar-refractivity contribution >= 4 is 23.2 Å². The SMILES string of the molecule is C=CC(=O)Cc1ccc(Cc2nc(Nc3cc(C)[nH]n3)cc(N3CCN(C)CC3)n2)cc1. The fraction of sp³-hybridized carbons (Fsp3) is 0.333. The molecule has 166 valence electrons. The van der Waals surface area contributed by atoms with Crippen LogP contribution in [0.5, 0.6) is 0 Å². The monoisotopic (exact) mass is 431 g/mol. The van der Waals surface area contributed by atoms with Gasteiger partial charge in [0, 0.05) is 56.8 Å². The summed E-state index contributed by atoms with van der Waals surface area (Å²) in [5.74, 6) is 3.14. The molecule has 0 spiro atoms. The van der Waals surface area contributed by atoms with Crippen molar-refractivity contribution < 1.29 is 4.79 Å². The van der Waals surface area contributed by atoms with Crippen LogP contribution in [0.4, 0.5) is 17.5 Å². The van der Waals surface area contributed by atoms with E-state index in [4.69, 9.17) is 9.97 Å². The van der Waals surface area contributed by atoms with Crippen LogP contribution in [-0.2, 0) is 17.6 Å². The van der Waals surface area contributed by atoms with E-state index >= 15 is 0 Å². The van der Waals surface area contributed by atoms with Gasteiger partial charge >= 0.3 is 0 Å². The molecule has 1 saturated heterocycles. The van der Waals surface area contributed by atoms with E-state index in [2.05, 4.69) is 38.9 Å². The highest BCUT2D eigenvalue weighted by Gasteiger charge is 2.18. The number of aryl methyl sites for hydroxylation is 1. The van der Waals surface area contributed by atoms with E-state index in [-0.39, 0.29) is 5.78 Å². The summed E-state index contributed by atoms with van der Waals surface area (Å²) in [5.41, 5.74) is 3.05. The zero-order valence-corrected chi connectivity index (χ0v) is 18.6. The zero-order chi connectivity index (χ0) is 22.5. The second-order valence-electron chi connectivity index (χ2n) is 8.22. The van der Waals surface area contributed by atoms with Gasteiger partial charge in [-0.2, -0.15) is 5.10 Å². The molecule has 3 heterocycles. The summed E-state index contributed by atoms with van der Waals surface area (Å²) in [5, 5.41) is 10.5. The number of allylic oxidation sites excluding steroid dienone is 1. The van der Waals surface area contributed by atoms with Gasteiger partial charge in [-0.15, -0.1) is 0 Å². The van der Waals surface area contributed by atoms with Gasteiger partial charge in [0.1, 0.15) is 17.5 Å². The number of benzene rings is 1. The molecule has 2 N–H and O–H groups in total. The number of H-pyrrole nitrogens is 1. The number of aromatic amines is 1. The van der Waals surface area contributed by atoms with Crippen molar-refractivity contribution in [1.29, 1.82) is 0 Å². The van der Waals surface area contributed by atoms with E-state index in [1.165, 1.54) is 6.08 Å². The Hall–Kier alpha value is -3.52. The lowest BCUT2D eigenvalue weighted by Gasteiger charge is -2.33. The van der Waals surface area contributed by atoms with Crippen molar-refractivity contribution in [2.75, 3.05) is 43.4 Å². The van der Waals surface area contributed by atoms with Crippen molar-refractivity contribution in [2.24, 2.45) is 0 Å². The van der Waals surface area contributed by atoms with E-state index in [1.54, 1.807) is 0 Å². The van der Waals surface area contributed by atoms with E-state index < -0.39 is 0 Å². The number of carbonyl (C=O) groups excluding carboxylic acids is 1. The summed E-state index contributed by atoms with van der Waals surface area (Å²) in [6.07, 6.45) is 2.34. The highest BCUT2D eigenvalue weighted by molar-refractivity contribution is 5.90. The van der Waals surface area contributed by atoms with Crippen molar-refractivity contribution in [3.05, 3.63) is 71.7 Å². The summed E-state index contributed by atoms with van der Waals surface area (Å²) >= 11 is 0. The third kappa shape index (κ3) is 5.59. The number of nitrogens with zero attached hydrogens (tertiary/aromatic N) is 5. The largest absolute Gasteiger partial charge is 0.354 e. The van der Waals surface area contributed by atoms with Crippen molar-refractivity contribution in [3.63, 3.8) is 0 Å². The number of aromatic nitrogens is 4. The Balaban J connectivity index is 1.56. The number of carbonyl (C=O) groups is 1. The average molecular weight is 432 g/mol. The maximum absolute atomic E-state index is 11.6. The van der Waals surface area contributed by atoms with Crippen LogP contribution in [-0.4, -0.2) is 64.1 Å². The number of hydrogen-bond donors (Lipinski definition) is 2. The topological polar surface area (TPSA) is 90.0 Å². The van der Waals surface area contributed by atoms with Crippen LogP contribution >= 0.6 is 0 Å². The van der Waals surface area contributed by atoms with Crippen molar-refractivity contribution in [3.8, 4) is 0 Å². The molecule has 8 nitrogen and oxygen atoms in total. The van der Waals surface area contributed by atoms with Gasteiger partial charge in [-0.1, -0.05) is 30.8 Å². The molecule has 32 heavy (non-hydrogen) atoms. The fourth-order valence-corrected chi connectivity index (χ4v) is 3.67. The molecule has 8 heteroatoms. The molecule has 3 aromatic rings.